The zero-order valence-corrected chi connectivity index (χ0v) is 17.9. The number of thioether (sulfide) groups is 1. The number of carbonyl (C=O) groups is 1. The van der Waals surface area contributed by atoms with E-state index in [1.807, 2.05) is 30.3 Å². The maximum atomic E-state index is 13.3. The van der Waals surface area contributed by atoms with Crippen LogP contribution in [0, 0.1) is 0 Å². The molecule has 0 bridgehead atoms. The number of amides is 1. The van der Waals surface area contributed by atoms with Crippen LogP contribution >= 0.6 is 11.8 Å². The summed E-state index contributed by atoms with van der Waals surface area (Å²) in [5, 5.41) is 8.81. The summed E-state index contributed by atoms with van der Waals surface area (Å²) in [5.41, 5.74) is 0.501. The van der Waals surface area contributed by atoms with Crippen molar-refractivity contribution in [3.63, 3.8) is 0 Å². The van der Waals surface area contributed by atoms with Crippen LogP contribution in [0.5, 0.6) is 0 Å². The number of carbonyl (C=O) groups excluding carboxylic acids is 1. The highest BCUT2D eigenvalue weighted by Gasteiger charge is 2.31. The molecule has 0 unspecified atom stereocenters. The monoisotopic (exact) mass is 462 g/mol. The van der Waals surface area contributed by atoms with Crippen molar-refractivity contribution < 1.29 is 22.7 Å². The van der Waals surface area contributed by atoms with E-state index in [9.17, 15) is 18.0 Å². The van der Waals surface area contributed by atoms with E-state index >= 15 is 0 Å². The fraction of sp³-hybridized carbons (Fsp3) is 0.318. The number of hydrogen-bond acceptors (Lipinski definition) is 5. The molecule has 1 aliphatic heterocycles. The van der Waals surface area contributed by atoms with E-state index in [1.165, 1.54) is 6.07 Å². The van der Waals surface area contributed by atoms with Crippen molar-refractivity contribution in [2.45, 2.75) is 17.8 Å². The summed E-state index contributed by atoms with van der Waals surface area (Å²) in [7, 11) is 0. The van der Waals surface area contributed by atoms with Gasteiger partial charge in [-0.3, -0.25) is 9.36 Å². The minimum Gasteiger partial charge on any atom is -0.378 e. The van der Waals surface area contributed by atoms with Gasteiger partial charge in [-0.1, -0.05) is 48.2 Å². The summed E-state index contributed by atoms with van der Waals surface area (Å²) in [4.78, 5) is 14.3. The molecule has 168 valence electrons. The first-order valence-corrected chi connectivity index (χ1v) is 11.0. The summed E-state index contributed by atoms with van der Waals surface area (Å²) < 4.78 is 46.8. The van der Waals surface area contributed by atoms with Crippen molar-refractivity contribution in [2.75, 3.05) is 32.1 Å². The lowest BCUT2D eigenvalue weighted by atomic mass is 10.1. The van der Waals surface area contributed by atoms with Gasteiger partial charge in [-0.15, -0.1) is 10.2 Å². The van der Waals surface area contributed by atoms with Crippen molar-refractivity contribution in [3.8, 4) is 5.69 Å². The molecule has 1 fully saturated rings. The minimum atomic E-state index is -4.47. The summed E-state index contributed by atoms with van der Waals surface area (Å²) in [6.07, 6.45) is -4.08. The number of ether oxygens (including phenoxy) is 1. The van der Waals surface area contributed by atoms with Crippen LogP contribution in [-0.4, -0.2) is 57.6 Å². The van der Waals surface area contributed by atoms with Gasteiger partial charge in [-0.2, -0.15) is 13.2 Å². The molecule has 0 atom stereocenters. The van der Waals surface area contributed by atoms with Crippen LogP contribution in [0.2, 0.25) is 0 Å². The molecule has 32 heavy (non-hydrogen) atoms. The standard InChI is InChI=1S/C22H21F3N4O2S/c23-22(24,25)17-7-4-8-18(14-17)29-19(13-16-5-2-1-3-6-16)26-27-21(29)32-15-20(30)28-9-11-31-12-10-28/h1-8,14H,9-13,15H2. The first kappa shape index (κ1) is 22.3. The van der Waals surface area contributed by atoms with Crippen LogP contribution < -0.4 is 0 Å². The molecule has 1 aliphatic rings. The van der Waals surface area contributed by atoms with Crippen LogP contribution in [0.4, 0.5) is 13.2 Å². The van der Waals surface area contributed by atoms with Crippen molar-refractivity contribution >= 4 is 17.7 Å². The van der Waals surface area contributed by atoms with Gasteiger partial charge in [0, 0.05) is 19.5 Å². The molecule has 2 heterocycles. The Kier molecular flexibility index (Phi) is 6.80. The Morgan fingerprint density at radius 1 is 1.03 bits per heavy atom. The van der Waals surface area contributed by atoms with Gasteiger partial charge in [0.2, 0.25) is 5.91 Å². The summed E-state index contributed by atoms with van der Waals surface area (Å²) in [6.45, 7) is 2.05. The summed E-state index contributed by atoms with van der Waals surface area (Å²) in [6, 6.07) is 14.5. The van der Waals surface area contributed by atoms with E-state index < -0.39 is 11.7 Å². The van der Waals surface area contributed by atoms with Crippen LogP contribution in [0.25, 0.3) is 5.69 Å². The van der Waals surface area contributed by atoms with Gasteiger partial charge in [0.25, 0.3) is 0 Å². The predicted octanol–water partition coefficient (Wildman–Crippen LogP) is 3.83. The number of rotatable bonds is 6. The zero-order valence-electron chi connectivity index (χ0n) is 17.1. The Hall–Kier alpha value is -2.85. The Balaban J connectivity index is 1.63. The molecule has 6 nitrogen and oxygen atoms in total. The molecule has 1 aromatic heterocycles. The number of benzene rings is 2. The fourth-order valence-electron chi connectivity index (χ4n) is 3.40. The average Bonchev–Trinajstić information content (AvgIpc) is 3.20. The van der Waals surface area contributed by atoms with Crippen LogP contribution in [0.15, 0.2) is 59.8 Å². The number of hydrogen-bond donors (Lipinski definition) is 0. The topological polar surface area (TPSA) is 60.2 Å². The molecule has 0 spiro atoms. The van der Waals surface area contributed by atoms with Gasteiger partial charge in [0.15, 0.2) is 5.16 Å². The van der Waals surface area contributed by atoms with Crippen LogP contribution in [-0.2, 0) is 22.1 Å². The molecule has 0 radical (unpaired) electrons. The third-order valence-electron chi connectivity index (χ3n) is 5.03. The number of aromatic nitrogens is 3. The summed E-state index contributed by atoms with van der Waals surface area (Å²) >= 11 is 1.16. The molecule has 0 saturated carbocycles. The molecule has 3 aromatic rings. The molecule has 1 amide bonds. The largest absolute Gasteiger partial charge is 0.416 e. The Morgan fingerprint density at radius 3 is 2.50 bits per heavy atom. The number of alkyl halides is 3. The molecule has 4 rings (SSSR count). The number of halogens is 3. The quantitative estimate of drug-likeness (QED) is 0.521. The Bertz CT molecular complexity index is 1070. The third-order valence-corrected chi connectivity index (χ3v) is 5.94. The van der Waals surface area contributed by atoms with Crippen molar-refractivity contribution in [1.29, 1.82) is 0 Å². The van der Waals surface area contributed by atoms with Gasteiger partial charge >= 0.3 is 6.18 Å². The molecule has 10 heteroatoms. The van der Waals surface area contributed by atoms with E-state index in [0.717, 1.165) is 29.5 Å². The van der Waals surface area contributed by atoms with Gasteiger partial charge in [-0.05, 0) is 23.8 Å². The normalized spacial score (nSPS) is 14.5. The predicted molar refractivity (Wildman–Crippen MR) is 114 cm³/mol. The third kappa shape index (κ3) is 5.31. The SMILES string of the molecule is O=C(CSc1nnc(Cc2ccccc2)n1-c1cccc(C(F)(F)F)c1)N1CCOCC1. The molecule has 0 aliphatic carbocycles. The van der Waals surface area contributed by atoms with Crippen LogP contribution in [0.1, 0.15) is 17.0 Å². The Morgan fingerprint density at radius 2 is 1.78 bits per heavy atom. The van der Waals surface area contributed by atoms with E-state index in [2.05, 4.69) is 10.2 Å². The lowest BCUT2D eigenvalue weighted by Gasteiger charge is -2.26. The molecule has 1 saturated heterocycles. The maximum absolute atomic E-state index is 13.3. The van der Waals surface area contributed by atoms with Gasteiger partial charge in [-0.25, -0.2) is 0 Å². The minimum absolute atomic E-state index is 0.0681. The second kappa shape index (κ2) is 9.74. The molecule has 2 aromatic carbocycles. The van der Waals surface area contributed by atoms with Gasteiger partial charge < -0.3 is 9.64 Å². The smallest absolute Gasteiger partial charge is 0.378 e. The highest BCUT2D eigenvalue weighted by atomic mass is 32.2. The van der Waals surface area contributed by atoms with E-state index in [1.54, 1.807) is 15.5 Å². The average molecular weight is 462 g/mol. The number of nitrogens with zero attached hydrogens (tertiary/aromatic N) is 4. The first-order valence-electron chi connectivity index (χ1n) is 10.1. The first-order chi connectivity index (χ1) is 15.4. The highest BCUT2D eigenvalue weighted by molar-refractivity contribution is 7.99. The van der Waals surface area contributed by atoms with Crippen molar-refractivity contribution in [1.82, 2.24) is 19.7 Å². The fourth-order valence-corrected chi connectivity index (χ4v) is 4.27. The van der Waals surface area contributed by atoms with Crippen molar-refractivity contribution in [2.24, 2.45) is 0 Å². The molecule has 0 N–H and O–H groups in total. The second-order valence-electron chi connectivity index (χ2n) is 7.23. The molecular formula is C22H21F3N4O2S. The second-order valence-corrected chi connectivity index (χ2v) is 8.17. The van der Waals surface area contributed by atoms with Crippen LogP contribution in [0.3, 0.4) is 0 Å². The number of morpholine rings is 1. The van der Waals surface area contributed by atoms with Gasteiger partial charge in [0.05, 0.1) is 30.2 Å². The van der Waals surface area contributed by atoms with Crippen molar-refractivity contribution in [3.05, 3.63) is 71.5 Å². The van der Waals surface area contributed by atoms with E-state index in [0.29, 0.717) is 49.4 Å². The maximum Gasteiger partial charge on any atom is 0.416 e. The Labute approximate surface area is 187 Å². The zero-order chi connectivity index (χ0) is 22.6. The molecular weight excluding hydrogens is 441 g/mol. The lowest BCUT2D eigenvalue weighted by Crippen LogP contribution is -2.41. The van der Waals surface area contributed by atoms with Gasteiger partial charge in [0.1, 0.15) is 5.82 Å². The van der Waals surface area contributed by atoms with E-state index in [-0.39, 0.29) is 11.7 Å². The summed E-state index contributed by atoms with van der Waals surface area (Å²) in [5.74, 6) is 0.543. The lowest BCUT2D eigenvalue weighted by molar-refractivity contribution is -0.137. The van der Waals surface area contributed by atoms with E-state index in [4.69, 9.17) is 4.74 Å². The highest BCUT2D eigenvalue weighted by Crippen LogP contribution is 2.32.